The SMILES string of the molecule is CCOC(=O)COC1=CCCC(C)=C(C(C)=CC(C)C(CC)CC)C=C1C. The van der Waals surface area contributed by atoms with Crippen molar-refractivity contribution in [3.8, 4) is 0 Å². The van der Waals surface area contributed by atoms with Gasteiger partial charge in [0, 0.05) is 0 Å². The molecule has 0 aromatic carbocycles. The molecule has 0 aromatic heterocycles. The molecule has 0 amide bonds. The van der Waals surface area contributed by atoms with Gasteiger partial charge in [0.1, 0.15) is 5.76 Å². The van der Waals surface area contributed by atoms with Crippen LogP contribution in [0.5, 0.6) is 0 Å². The molecule has 0 radical (unpaired) electrons. The van der Waals surface area contributed by atoms with Crippen molar-refractivity contribution < 1.29 is 14.3 Å². The van der Waals surface area contributed by atoms with E-state index < -0.39 is 0 Å². The molecule has 0 aliphatic heterocycles. The summed E-state index contributed by atoms with van der Waals surface area (Å²) in [6.45, 7) is 15.5. The topological polar surface area (TPSA) is 35.5 Å². The van der Waals surface area contributed by atoms with Gasteiger partial charge in [-0.25, -0.2) is 4.79 Å². The van der Waals surface area contributed by atoms with E-state index in [2.05, 4.69) is 52.8 Å². The number of carbonyl (C=O) groups excluding carboxylic acids is 1. The van der Waals surface area contributed by atoms with Crippen molar-refractivity contribution in [1.29, 1.82) is 0 Å². The second-order valence-electron chi connectivity index (χ2n) is 7.51. The number of esters is 1. The molecular formula is C24H38O3. The van der Waals surface area contributed by atoms with Crippen molar-refractivity contribution in [2.24, 2.45) is 11.8 Å². The maximum absolute atomic E-state index is 11.6. The van der Waals surface area contributed by atoms with Gasteiger partial charge in [0.05, 0.1) is 6.61 Å². The summed E-state index contributed by atoms with van der Waals surface area (Å²) < 4.78 is 10.7. The summed E-state index contributed by atoms with van der Waals surface area (Å²) in [7, 11) is 0. The number of hydrogen-bond donors (Lipinski definition) is 0. The van der Waals surface area contributed by atoms with Gasteiger partial charge in [-0.3, -0.25) is 0 Å². The Morgan fingerprint density at radius 2 is 1.89 bits per heavy atom. The van der Waals surface area contributed by atoms with E-state index in [-0.39, 0.29) is 12.6 Å². The molecule has 1 rings (SSSR count). The molecule has 1 aliphatic carbocycles. The Balaban J connectivity index is 3.02. The Hall–Kier alpha value is -1.77. The molecule has 0 fully saturated rings. The largest absolute Gasteiger partial charge is 0.482 e. The first-order chi connectivity index (χ1) is 12.8. The molecule has 27 heavy (non-hydrogen) atoms. The van der Waals surface area contributed by atoms with E-state index >= 15 is 0 Å². The summed E-state index contributed by atoms with van der Waals surface area (Å²) in [5.41, 5.74) is 5.09. The van der Waals surface area contributed by atoms with Gasteiger partial charge < -0.3 is 9.47 Å². The number of ether oxygens (including phenoxy) is 2. The Labute approximate surface area is 166 Å². The molecule has 152 valence electrons. The summed E-state index contributed by atoms with van der Waals surface area (Å²) in [4.78, 5) is 11.6. The zero-order valence-electron chi connectivity index (χ0n) is 18.4. The number of rotatable bonds is 9. The molecule has 1 atom stereocenters. The van der Waals surface area contributed by atoms with Crippen LogP contribution in [-0.4, -0.2) is 19.2 Å². The van der Waals surface area contributed by atoms with E-state index in [1.807, 2.05) is 6.92 Å². The first kappa shape index (κ1) is 23.3. The Morgan fingerprint density at radius 1 is 1.22 bits per heavy atom. The summed E-state index contributed by atoms with van der Waals surface area (Å²) in [6.07, 6.45) is 11.0. The maximum atomic E-state index is 11.6. The lowest BCUT2D eigenvalue weighted by atomic mass is 9.85. The molecule has 0 heterocycles. The third-order valence-electron chi connectivity index (χ3n) is 5.44. The second-order valence-corrected chi connectivity index (χ2v) is 7.51. The Bertz CT molecular complexity index is 616. The van der Waals surface area contributed by atoms with Crippen LogP contribution in [0, 0.1) is 11.8 Å². The second kappa shape index (κ2) is 11.8. The molecule has 3 heteroatoms. The van der Waals surface area contributed by atoms with Gasteiger partial charge in [-0.15, -0.1) is 0 Å². The first-order valence-electron chi connectivity index (χ1n) is 10.4. The molecule has 0 spiro atoms. The highest BCUT2D eigenvalue weighted by molar-refractivity contribution is 5.70. The van der Waals surface area contributed by atoms with E-state index in [9.17, 15) is 4.79 Å². The summed E-state index contributed by atoms with van der Waals surface area (Å²) in [6, 6.07) is 0. The smallest absolute Gasteiger partial charge is 0.344 e. The Morgan fingerprint density at radius 3 is 2.48 bits per heavy atom. The van der Waals surface area contributed by atoms with Crippen molar-refractivity contribution in [3.05, 3.63) is 46.3 Å². The van der Waals surface area contributed by atoms with Crippen LogP contribution in [0.25, 0.3) is 0 Å². The maximum Gasteiger partial charge on any atom is 0.344 e. The van der Waals surface area contributed by atoms with Crippen LogP contribution in [0.15, 0.2) is 46.3 Å². The van der Waals surface area contributed by atoms with Crippen molar-refractivity contribution in [1.82, 2.24) is 0 Å². The minimum atomic E-state index is -0.324. The van der Waals surface area contributed by atoms with Gasteiger partial charge in [-0.1, -0.05) is 45.3 Å². The average Bonchev–Trinajstić information content (AvgIpc) is 2.61. The molecule has 3 nitrogen and oxygen atoms in total. The lowest BCUT2D eigenvalue weighted by molar-refractivity contribution is -0.146. The van der Waals surface area contributed by atoms with Crippen LogP contribution >= 0.6 is 0 Å². The lowest BCUT2D eigenvalue weighted by Gasteiger charge is -2.21. The van der Waals surface area contributed by atoms with Crippen molar-refractivity contribution in [2.45, 2.75) is 74.1 Å². The molecule has 0 saturated heterocycles. The van der Waals surface area contributed by atoms with Gasteiger partial charge in [0.2, 0.25) is 0 Å². The fourth-order valence-corrected chi connectivity index (χ4v) is 3.74. The third kappa shape index (κ3) is 7.40. The zero-order chi connectivity index (χ0) is 20.4. The zero-order valence-corrected chi connectivity index (χ0v) is 18.4. The van der Waals surface area contributed by atoms with Gasteiger partial charge >= 0.3 is 5.97 Å². The lowest BCUT2D eigenvalue weighted by Crippen LogP contribution is -2.13. The molecule has 0 saturated carbocycles. The molecule has 1 aliphatic rings. The highest BCUT2D eigenvalue weighted by Crippen LogP contribution is 2.29. The average molecular weight is 375 g/mol. The van der Waals surface area contributed by atoms with Crippen molar-refractivity contribution >= 4 is 5.97 Å². The van der Waals surface area contributed by atoms with Crippen molar-refractivity contribution in [2.75, 3.05) is 13.2 Å². The minimum Gasteiger partial charge on any atom is -0.482 e. The van der Waals surface area contributed by atoms with Crippen LogP contribution in [0.1, 0.15) is 74.1 Å². The third-order valence-corrected chi connectivity index (χ3v) is 5.44. The molecule has 1 unspecified atom stereocenters. The van der Waals surface area contributed by atoms with E-state index in [1.54, 1.807) is 6.92 Å². The van der Waals surface area contributed by atoms with Gasteiger partial charge in [0.25, 0.3) is 0 Å². The standard InChI is InChI=1S/C24H38O3/c1-8-21(9-2)18(5)14-19(6)22-15-20(7)23(13-11-12-17(22)4)27-16-24(25)26-10-3/h13-15,18,21H,8-12,16H2,1-7H3. The van der Waals surface area contributed by atoms with Crippen LogP contribution in [0.2, 0.25) is 0 Å². The monoisotopic (exact) mass is 374 g/mol. The van der Waals surface area contributed by atoms with E-state index in [0.29, 0.717) is 12.5 Å². The van der Waals surface area contributed by atoms with E-state index in [4.69, 9.17) is 9.47 Å². The summed E-state index contributed by atoms with van der Waals surface area (Å²) >= 11 is 0. The van der Waals surface area contributed by atoms with Crippen LogP contribution in [-0.2, 0) is 14.3 Å². The minimum absolute atomic E-state index is 0.0383. The summed E-state index contributed by atoms with van der Waals surface area (Å²) in [5.74, 6) is 1.75. The highest BCUT2D eigenvalue weighted by Gasteiger charge is 2.15. The highest BCUT2D eigenvalue weighted by atomic mass is 16.6. The quantitative estimate of drug-likeness (QED) is 0.431. The normalized spacial score (nSPS) is 17.1. The van der Waals surface area contributed by atoms with Gasteiger partial charge in [-0.05, 0) is 81.2 Å². The fourth-order valence-electron chi connectivity index (χ4n) is 3.74. The van der Waals surface area contributed by atoms with E-state index in [1.165, 1.54) is 29.6 Å². The first-order valence-corrected chi connectivity index (χ1v) is 10.4. The molecular weight excluding hydrogens is 336 g/mol. The summed E-state index contributed by atoms with van der Waals surface area (Å²) in [5, 5.41) is 0. The molecule has 0 bridgehead atoms. The predicted octanol–water partition coefficient (Wildman–Crippen LogP) is 6.53. The number of carbonyl (C=O) groups is 1. The number of hydrogen-bond acceptors (Lipinski definition) is 3. The van der Waals surface area contributed by atoms with Crippen molar-refractivity contribution in [3.63, 3.8) is 0 Å². The fraction of sp³-hybridized carbons (Fsp3) is 0.625. The van der Waals surface area contributed by atoms with E-state index in [0.717, 1.165) is 30.1 Å². The van der Waals surface area contributed by atoms with Crippen LogP contribution < -0.4 is 0 Å². The van der Waals surface area contributed by atoms with Gasteiger partial charge in [-0.2, -0.15) is 0 Å². The Kier molecular flexibility index (Phi) is 10.2. The molecule has 0 N–H and O–H groups in total. The van der Waals surface area contributed by atoms with Crippen LogP contribution in [0.4, 0.5) is 0 Å². The van der Waals surface area contributed by atoms with Crippen LogP contribution in [0.3, 0.4) is 0 Å². The predicted molar refractivity (Wildman–Crippen MR) is 113 cm³/mol. The molecule has 0 aromatic rings. The van der Waals surface area contributed by atoms with Gasteiger partial charge in [0.15, 0.2) is 6.61 Å². The number of allylic oxidation sites excluding steroid dienone is 7.